The standard InChI is InChI=1S/C17H22N2S/c1-17(12-18,19-15-6-7-15)9-10-20-16-8-5-13-3-2-4-14(13)11-16/h5,8,11,15,19H,2-4,6-7,9-10H2,1H3. The molecular formula is C17H22N2S. The Balaban J connectivity index is 1.52. The van der Waals surface area contributed by atoms with E-state index in [1.807, 2.05) is 18.7 Å². The molecular weight excluding hydrogens is 264 g/mol. The number of nitrogens with zero attached hydrogens (tertiary/aromatic N) is 1. The molecule has 20 heavy (non-hydrogen) atoms. The van der Waals surface area contributed by atoms with Crippen LogP contribution in [0.1, 0.15) is 43.7 Å². The van der Waals surface area contributed by atoms with Crippen molar-refractivity contribution in [2.75, 3.05) is 5.75 Å². The molecule has 1 aromatic carbocycles. The Morgan fingerprint density at radius 3 is 2.90 bits per heavy atom. The lowest BCUT2D eigenvalue weighted by Gasteiger charge is -2.23. The van der Waals surface area contributed by atoms with Crippen molar-refractivity contribution in [3.63, 3.8) is 0 Å². The zero-order chi connectivity index (χ0) is 14.0. The molecule has 2 aliphatic rings. The highest BCUT2D eigenvalue weighted by atomic mass is 32.2. The third-order valence-electron chi connectivity index (χ3n) is 4.29. The van der Waals surface area contributed by atoms with Crippen LogP contribution in [0.4, 0.5) is 0 Å². The minimum atomic E-state index is -0.356. The normalized spacial score (nSPS) is 20.2. The van der Waals surface area contributed by atoms with Crippen LogP contribution in [0.2, 0.25) is 0 Å². The van der Waals surface area contributed by atoms with E-state index in [9.17, 15) is 5.26 Å². The number of rotatable bonds is 6. The molecule has 3 rings (SSSR count). The van der Waals surface area contributed by atoms with E-state index in [-0.39, 0.29) is 5.54 Å². The van der Waals surface area contributed by atoms with Crippen molar-refractivity contribution in [3.8, 4) is 6.07 Å². The van der Waals surface area contributed by atoms with Gasteiger partial charge in [0.15, 0.2) is 0 Å². The Morgan fingerprint density at radius 2 is 2.15 bits per heavy atom. The second-order valence-corrected chi connectivity index (χ2v) is 7.41. The molecule has 0 heterocycles. The molecule has 2 nitrogen and oxygen atoms in total. The first-order valence-electron chi connectivity index (χ1n) is 7.62. The maximum atomic E-state index is 9.36. The lowest BCUT2D eigenvalue weighted by molar-refractivity contribution is 0.434. The number of benzene rings is 1. The lowest BCUT2D eigenvalue weighted by atomic mass is 10.0. The monoisotopic (exact) mass is 286 g/mol. The number of nitrogens with one attached hydrogen (secondary N) is 1. The molecule has 1 saturated carbocycles. The van der Waals surface area contributed by atoms with Crippen LogP contribution < -0.4 is 5.32 Å². The molecule has 1 fully saturated rings. The Morgan fingerprint density at radius 1 is 1.35 bits per heavy atom. The van der Waals surface area contributed by atoms with Gasteiger partial charge in [-0.1, -0.05) is 6.07 Å². The topological polar surface area (TPSA) is 35.8 Å². The number of hydrogen-bond acceptors (Lipinski definition) is 3. The molecule has 106 valence electrons. The summed E-state index contributed by atoms with van der Waals surface area (Å²) in [5.41, 5.74) is 2.71. The molecule has 3 heteroatoms. The number of fused-ring (bicyclic) bond motifs is 1. The summed E-state index contributed by atoms with van der Waals surface area (Å²) in [5.74, 6) is 1.00. The van der Waals surface area contributed by atoms with Crippen molar-refractivity contribution in [1.82, 2.24) is 5.32 Å². The molecule has 0 radical (unpaired) electrons. The maximum absolute atomic E-state index is 9.36. The van der Waals surface area contributed by atoms with Crippen LogP contribution in [-0.2, 0) is 12.8 Å². The number of nitriles is 1. The van der Waals surface area contributed by atoms with Gasteiger partial charge in [-0.05, 0) is 68.7 Å². The van der Waals surface area contributed by atoms with Crippen LogP contribution in [-0.4, -0.2) is 17.3 Å². The van der Waals surface area contributed by atoms with E-state index in [4.69, 9.17) is 0 Å². The highest BCUT2D eigenvalue weighted by Crippen LogP contribution is 2.29. The van der Waals surface area contributed by atoms with Gasteiger partial charge in [0.25, 0.3) is 0 Å². The third-order valence-corrected chi connectivity index (χ3v) is 5.28. The van der Waals surface area contributed by atoms with E-state index < -0.39 is 0 Å². The maximum Gasteiger partial charge on any atom is 0.104 e. The van der Waals surface area contributed by atoms with Gasteiger partial charge in [-0.25, -0.2) is 0 Å². The fourth-order valence-corrected chi connectivity index (χ4v) is 3.99. The first-order valence-corrected chi connectivity index (χ1v) is 8.61. The lowest BCUT2D eigenvalue weighted by Crippen LogP contribution is -2.42. The van der Waals surface area contributed by atoms with Crippen LogP contribution in [0.15, 0.2) is 23.1 Å². The fraction of sp³-hybridized carbons (Fsp3) is 0.588. The minimum absolute atomic E-state index is 0.356. The summed E-state index contributed by atoms with van der Waals surface area (Å²) < 4.78 is 0. The summed E-state index contributed by atoms with van der Waals surface area (Å²) in [7, 11) is 0. The van der Waals surface area contributed by atoms with Gasteiger partial charge in [0.05, 0.1) is 6.07 Å². The second-order valence-electron chi connectivity index (χ2n) is 6.25. The van der Waals surface area contributed by atoms with E-state index >= 15 is 0 Å². The Hall–Kier alpha value is -0.980. The van der Waals surface area contributed by atoms with E-state index in [0.717, 1.165) is 12.2 Å². The molecule has 0 spiro atoms. The smallest absolute Gasteiger partial charge is 0.104 e. The van der Waals surface area contributed by atoms with Gasteiger partial charge < -0.3 is 0 Å². The van der Waals surface area contributed by atoms with Gasteiger partial charge >= 0.3 is 0 Å². The zero-order valence-electron chi connectivity index (χ0n) is 12.1. The fourth-order valence-electron chi connectivity index (χ4n) is 2.85. The summed E-state index contributed by atoms with van der Waals surface area (Å²) in [5, 5.41) is 12.8. The van der Waals surface area contributed by atoms with Crippen molar-refractivity contribution in [2.24, 2.45) is 0 Å². The predicted octanol–water partition coefficient (Wildman–Crippen LogP) is 3.69. The van der Waals surface area contributed by atoms with E-state index in [2.05, 4.69) is 29.6 Å². The van der Waals surface area contributed by atoms with E-state index in [0.29, 0.717) is 6.04 Å². The Labute approximate surface area is 125 Å². The zero-order valence-corrected chi connectivity index (χ0v) is 12.9. The molecule has 1 atom stereocenters. The van der Waals surface area contributed by atoms with Gasteiger partial charge in [-0.15, -0.1) is 11.8 Å². The largest absolute Gasteiger partial charge is 0.297 e. The van der Waals surface area contributed by atoms with Gasteiger partial charge in [0, 0.05) is 16.7 Å². The summed E-state index contributed by atoms with van der Waals surface area (Å²) in [4.78, 5) is 1.36. The summed E-state index contributed by atoms with van der Waals surface area (Å²) in [6, 6.07) is 9.92. The Kier molecular flexibility index (Phi) is 4.05. The molecule has 1 unspecified atom stereocenters. The molecule has 2 aliphatic carbocycles. The number of aryl methyl sites for hydroxylation is 2. The molecule has 1 N–H and O–H groups in total. The van der Waals surface area contributed by atoms with Crippen molar-refractivity contribution >= 4 is 11.8 Å². The van der Waals surface area contributed by atoms with Crippen molar-refractivity contribution in [3.05, 3.63) is 29.3 Å². The third kappa shape index (κ3) is 3.37. The second kappa shape index (κ2) is 5.79. The molecule has 0 bridgehead atoms. The summed E-state index contributed by atoms with van der Waals surface area (Å²) >= 11 is 1.89. The van der Waals surface area contributed by atoms with Crippen LogP contribution in [0.3, 0.4) is 0 Å². The van der Waals surface area contributed by atoms with E-state index in [1.54, 1.807) is 0 Å². The molecule has 1 aromatic rings. The van der Waals surface area contributed by atoms with Crippen LogP contribution in [0.5, 0.6) is 0 Å². The highest BCUT2D eigenvalue weighted by Gasteiger charge is 2.32. The number of thioether (sulfide) groups is 1. The average molecular weight is 286 g/mol. The molecule has 0 aromatic heterocycles. The minimum Gasteiger partial charge on any atom is -0.297 e. The molecule has 0 aliphatic heterocycles. The van der Waals surface area contributed by atoms with Gasteiger partial charge in [-0.2, -0.15) is 5.26 Å². The van der Waals surface area contributed by atoms with Gasteiger partial charge in [0.2, 0.25) is 0 Å². The first-order chi connectivity index (χ1) is 9.68. The first kappa shape index (κ1) is 14.0. The van der Waals surface area contributed by atoms with Crippen LogP contribution in [0, 0.1) is 11.3 Å². The van der Waals surface area contributed by atoms with E-state index in [1.165, 1.54) is 48.1 Å². The SMILES string of the molecule is CC(C#N)(CCSc1ccc2c(c1)CCC2)NC1CC1. The van der Waals surface area contributed by atoms with Crippen molar-refractivity contribution in [1.29, 1.82) is 5.26 Å². The van der Waals surface area contributed by atoms with Crippen LogP contribution >= 0.6 is 11.8 Å². The quantitative estimate of drug-likeness (QED) is 0.810. The highest BCUT2D eigenvalue weighted by molar-refractivity contribution is 7.99. The van der Waals surface area contributed by atoms with Crippen LogP contribution in [0.25, 0.3) is 0 Å². The average Bonchev–Trinajstić information content (AvgIpc) is 3.13. The van der Waals surface area contributed by atoms with Crippen molar-refractivity contribution in [2.45, 2.75) is 61.9 Å². The summed E-state index contributed by atoms with van der Waals surface area (Å²) in [6.07, 6.45) is 7.16. The van der Waals surface area contributed by atoms with Crippen molar-refractivity contribution < 1.29 is 0 Å². The van der Waals surface area contributed by atoms with Gasteiger partial charge in [-0.3, -0.25) is 5.32 Å². The number of hydrogen-bond donors (Lipinski definition) is 1. The molecule has 0 saturated heterocycles. The summed E-state index contributed by atoms with van der Waals surface area (Å²) in [6.45, 7) is 2.04. The Bertz CT molecular complexity index is 530. The molecule has 0 amide bonds. The predicted molar refractivity (Wildman–Crippen MR) is 84.0 cm³/mol. The van der Waals surface area contributed by atoms with Gasteiger partial charge in [0.1, 0.15) is 5.54 Å².